The number of fused-ring (bicyclic) bond motifs is 1. The second kappa shape index (κ2) is 7.63. The van der Waals surface area contributed by atoms with Gasteiger partial charge >= 0.3 is 5.69 Å². The molecule has 28 heavy (non-hydrogen) atoms. The number of imidazole rings is 1. The predicted molar refractivity (Wildman–Crippen MR) is 106 cm³/mol. The summed E-state index contributed by atoms with van der Waals surface area (Å²) in [6.07, 6.45) is 2.91. The van der Waals surface area contributed by atoms with E-state index in [-0.39, 0.29) is 17.7 Å². The van der Waals surface area contributed by atoms with Gasteiger partial charge in [0.2, 0.25) is 0 Å². The first-order valence-electron chi connectivity index (χ1n) is 8.82. The third-order valence-electron chi connectivity index (χ3n) is 4.54. The summed E-state index contributed by atoms with van der Waals surface area (Å²) in [4.78, 5) is 40.6. The molecule has 0 aliphatic carbocycles. The molecular formula is C19H22N6O3. The van der Waals surface area contributed by atoms with Crippen LogP contribution in [0.4, 0.5) is 0 Å². The van der Waals surface area contributed by atoms with Crippen LogP contribution in [0, 0.1) is 0 Å². The Bertz CT molecular complexity index is 1170. The van der Waals surface area contributed by atoms with Crippen molar-refractivity contribution in [3.8, 4) is 0 Å². The van der Waals surface area contributed by atoms with Crippen molar-refractivity contribution in [3.63, 3.8) is 0 Å². The zero-order valence-corrected chi connectivity index (χ0v) is 16.2. The average Bonchev–Trinajstić information content (AvgIpc) is 3.08. The van der Waals surface area contributed by atoms with Gasteiger partial charge in [0.05, 0.1) is 12.5 Å². The van der Waals surface area contributed by atoms with Crippen molar-refractivity contribution in [1.82, 2.24) is 24.1 Å². The molecule has 1 N–H and O–H groups in total. The van der Waals surface area contributed by atoms with Gasteiger partial charge in [-0.1, -0.05) is 38.1 Å². The Morgan fingerprint density at radius 1 is 1.18 bits per heavy atom. The Hall–Kier alpha value is -3.49. The number of aromatic nitrogens is 4. The number of hydrazone groups is 1. The minimum Gasteiger partial charge on any atom is -0.315 e. The molecule has 0 saturated heterocycles. The van der Waals surface area contributed by atoms with E-state index < -0.39 is 17.2 Å². The second-order valence-corrected chi connectivity index (χ2v) is 6.86. The SMILES string of the molecule is CC(C)c1ccc(/C=N/NC(=O)Cn2cnc3c2c(=O)n(C)c(=O)n3C)cc1. The van der Waals surface area contributed by atoms with Gasteiger partial charge in [0.25, 0.3) is 11.5 Å². The molecule has 146 valence electrons. The fourth-order valence-electron chi connectivity index (χ4n) is 2.85. The van der Waals surface area contributed by atoms with E-state index >= 15 is 0 Å². The van der Waals surface area contributed by atoms with E-state index in [1.54, 1.807) is 6.21 Å². The number of nitrogens with zero attached hydrogens (tertiary/aromatic N) is 5. The Morgan fingerprint density at radius 3 is 2.50 bits per heavy atom. The van der Waals surface area contributed by atoms with Gasteiger partial charge in [-0.15, -0.1) is 0 Å². The molecule has 1 aromatic carbocycles. The zero-order chi connectivity index (χ0) is 20.4. The van der Waals surface area contributed by atoms with Crippen molar-refractivity contribution in [1.29, 1.82) is 0 Å². The summed E-state index contributed by atoms with van der Waals surface area (Å²) < 4.78 is 3.65. The van der Waals surface area contributed by atoms with E-state index in [1.807, 2.05) is 24.3 Å². The number of benzene rings is 1. The van der Waals surface area contributed by atoms with E-state index in [4.69, 9.17) is 0 Å². The van der Waals surface area contributed by atoms with Crippen LogP contribution in [0.15, 0.2) is 45.3 Å². The molecule has 3 rings (SSSR count). The Kier molecular flexibility index (Phi) is 5.25. The van der Waals surface area contributed by atoms with Gasteiger partial charge in [-0.05, 0) is 17.0 Å². The average molecular weight is 382 g/mol. The van der Waals surface area contributed by atoms with Crippen LogP contribution in [0.25, 0.3) is 11.2 Å². The highest BCUT2D eigenvalue weighted by Crippen LogP contribution is 2.13. The maximum absolute atomic E-state index is 12.4. The molecule has 2 aromatic heterocycles. The molecule has 0 aliphatic rings. The number of hydrogen-bond acceptors (Lipinski definition) is 5. The van der Waals surface area contributed by atoms with Gasteiger partial charge in [0, 0.05) is 14.1 Å². The molecule has 0 fully saturated rings. The van der Waals surface area contributed by atoms with Crippen molar-refractivity contribution >= 4 is 23.3 Å². The first-order chi connectivity index (χ1) is 13.3. The normalized spacial score (nSPS) is 11.6. The third-order valence-corrected chi connectivity index (χ3v) is 4.54. The van der Waals surface area contributed by atoms with Crippen LogP contribution in [0.2, 0.25) is 0 Å². The molecule has 9 heteroatoms. The molecule has 0 radical (unpaired) electrons. The number of rotatable bonds is 5. The Balaban J connectivity index is 1.73. The number of carbonyl (C=O) groups excluding carboxylic acids is 1. The monoisotopic (exact) mass is 382 g/mol. The molecule has 1 amide bonds. The molecule has 9 nitrogen and oxygen atoms in total. The largest absolute Gasteiger partial charge is 0.332 e. The predicted octanol–water partition coefficient (Wildman–Crippen LogP) is 0.707. The number of aryl methyl sites for hydroxylation is 1. The van der Waals surface area contributed by atoms with Crippen molar-refractivity contribution < 1.29 is 4.79 Å². The first-order valence-corrected chi connectivity index (χ1v) is 8.82. The van der Waals surface area contributed by atoms with Crippen LogP contribution >= 0.6 is 0 Å². The summed E-state index contributed by atoms with van der Waals surface area (Å²) in [7, 11) is 2.91. The maximum atomic E-state index is 12.4. The molecule has 0 unspecified atom stereocenters. The van der Waals surface area contributed by atoms with E-state index in [9.17, 15) is 14.4 Å². The topological polar surface area (TPSA) is 103 Å². The highest BCUT2D eigenvalue weighted by atomic mass is 16.2. The second-order valence-electron chi connectivity index (χ2n) is 6.86. The quantitative estimate of drug-likeness (QED) is 0.518. The minimum absolute atomic E-state index is 0.145. The van der Waals surface area contributed by atoms with Gasteiger partial charge in [-0.25, -0.2) is 15.2 Å². The van der Waals surface area contributed by atoms with Gasteiger partial charge in [0.15, 0.2) is 11.2 Å². The van der Waals surface area contributed by atoms with Crippen LogP contribution in [0.1, 0.15) is 30.9 Å². The third kappa shape index (κ3) is 3.64. The first kappa shape index (κ1) is 19.3. The van der Waals surface area contributed by atoms with Crippen LogP contribution in [-0.2, 0) is 25.4 Å². The highest BCUT2D eigenvalue weighted by Gasteiger charge is 2.15. The Labute approximate surface area is 160 Å². The van der Waals surface area contributed by atoms with E-state index in [1.165, 1.54) is 35.1 Å². The van der Waals surface area contributed by atoms with Crippen molar-refractivity contribution in [2.24, 2.45) is 19.2 Å². The minimum atomic E-state index is -0.503. The van der Waals surface area contributed by atoms with Crippen molar-refractivity contribution in [2.75, 3.05) is 0 Å². The molecule has 3 aromatic rings. The molecule has 0 aliphatic heterocycles. The number of carbonyl (C=O) groups is 1. The lowest BCUT2D eigenvalue weighted by Gasteiger charge is -2.06. The molecule has 0 atom stereocenters. The fourth-order valence-corrected chi connectivity index (χ4v) is 2.85. The van der Waals surface area contributed by atoms with Crippen molar-refractivity contribution in [3.05, 3.63) is 62.6 Å². The molecule has 0 saturated carbocycles. The van der Waals surface area contributed by atoms with Crippen molar-refractivity contribution in [2.45, 2.75) is 26.3 Å². The van der Waals surface area contributed by atoms with Gasteiger partial charge in [-0.3, -0.25) is 18.7 Å². The maximum Gasteiger partial charge on any atom is 0.332 e. The summed E-state index contributed by atoms with van der Waals surface area (Å²) in [5, 5.41) is 3.95. The summed E-state index contributed by atoms with van der Waals surface area (Å²) >= 11 is 0. The summed E-state index contributed by atoms with van der Waals surface area (Å²) in [6, 6.07) is 7.90. The lowest BCUT2D eigenvalue weighted by molar-refractivity contribution is -0.121. The van der Waals surface area contributed by atoms with E-state index in [0.29, 0.717) is 5.92 Å². The highest BCUT2D eigenvalue weighted by molar-refractivity contribution is 5.83. The molecule has 2 heterocycles. The number of nitrogens with one attached hydrogen (secondary N) is 1. The van der Waals surface area contributed by atoms with Crippen LogP contribution in [0.3, 0.4) is 0 Å². The number of amides is 1. The van der Waals surface area contributed by atoms with Gasteiger partial charge in [-0.2, -0.15) is 5.10 Å². The summed E-state index contributed by atoms with van der Waals surface area (Å²) in [5.74, 6) is 0.0353. The molecule has 0 bridgehead atoms. The molecular weight excluding hydrogens is 360 g/mol. The van der Waals surface area contributed by atoms with Gasteiger partial charge < -0.3 is 4.57 Å². The van der Waals surface area contributed by atoms with E-state index in [2.05, 4.69) is 29.4 Å². The van der Waals surface area contributed by atoms with Crippen LogP contribution in [-0.4, -0.2) is 30.8 Å². The summed E-state index contributed by atoms with van der Waals surface area (Å²) in [5.41, 5.74) is 3.97. The molecule has 0 spiro atoms. The lowest BCUT2D eigenvalue weighted by Crippen LogP contribution is -2.38. The van der Waals surface area contributed by atoms with Crippen LogP contribution in [0.5, 0.6) is 0 Å². The van der Waals surface area contributed by atoms with E-state index in [0.717, 1.165) is 10.1 Å². The Morgan fingerprint density at radius 2 is 1.86 bits per heavy atom. The van der Waals surface area contributed by atoms with Crippen LogP contribution < -0.4 is 16.7 Å². The lowest BCUT2D eigenvalue weighted by atomic mass is 10.0. The standard InChI is InChI=1S/C19H22N6O3/c1-12(2)14-7-5-13(6-8-14)9-21-22-15(26)10-25-11-20-17-16(25)18(27)24(4)19(28)23(17)3/h5-9,11-12H,10H2,1-4H3,(H,22,26)/b21-9+. The smallest absolute Gasteiger partial charge is 0.315 e. The van der Waals surface area contributed by atoms with Gasteiger partial charge in [0.1, 0.15) is 6.54 Å². The fraction of sp³-hybridized carbons (Fsp3) is 0.316. The zero-order valence-electron chi connectivity index (χ0n) is 16.2. The number of hydrogen-bond donors (Lipinski definition) is 1. The summed E-state index contributed by atoms with van der Waals surface area (Å²) in [6.45, 7) is 4.09.